The maximum atomic E-state index is 5.77. The van der Waals surface area contributed by atoms with E-state index in [4.69, 9.17) is 4.74 Å². The third-order valence-corrected chi connectivity index (χ3v) is 3.10. The summed E-state index contributed by atoms with van der Waals surface area (Å²) in [7, 11) is 0. The average Bonchev–Trinajstić information content (AvgIpc) is 2.86. The van der Waals surface area contributed by atoms with Crippen LogP contribution in [0.4, 0.5) is 0 Å². The number of nitrogens with zero attached hydrogens (tertiary/aromatic N) is 3. The summed E-state index contributed by atoms with van der Waals surface area (Å²) in [6.07, 6.45) is 5.42. The van der Waals surface area contributed by atoms with Gasteiger partial charge in [-0.25, -0.2) is 9.97 Å². The zero-order valence-corrected chi connectivity index (χ0v) is 9.52. The smallest absolute Gasteiger partial charge is 0.243 e. The van der Waals surface area contributed by atoms with Gasteiger partial charge in [-0.15, -0.1) is 0 Å². The lowest BCUT2D eigenvalue weighted by Crippen LogP contribution is -2.30. The quantitative estimate of drug-likeness (QED) is 0.817. The first kappa shape index (κ1) is 10.5. The molecule has 2 aromatic heterocycles. The van der Waals surface area contributed by atoms with E-state index in [2.05, 4.69) is 25.3 Å². The fourth-order valence-corrected chi connectivity index (χ4v) is 2.10. The number of nitrogens with one attached hydrogen (secondary N) is 2. The highest BCUT2D eigenvalue weighted by molar-refractivity contribution is 5.74. The Morgan fingerprint density at radius 1 is 1.24 bits per heavy atom. The topological polar surface area (TPSA) is 75.7 Å². The maximum absolute atomic E-state index is 5.77. The number of H-pyrrole nitrogens is 1. The molecular formula is C11H15N5O. The number of piperidine rings is 1. The number of aromatic nitrogens is 4. The Kier molecular flexibility index (Phi) is 2.87. The van der Waals surface area contributed by atoms with Crippen molar-refractivity contribution in [2.75, 3.05) is 19.7 Å². The first-order chi connectivity index (χ1) is 8.43. The predicted molar refractivity (Wildman–Crippen MR) is 62.8 cm³/mol. The molecule has 3 rings (SSSR count). The van der Waals surface area contributed by atoms with E-state index in [0.717, 1.165) is 31.4 Å². The first-order valence-corrected chi connectivity index (χ1v) is 5.91. The molecule has 0 atom stereocenters. The zero-order valence-electron chi connectivity index (χ0n) is 9.52. The zero-order chi connectivity index (χ0) is 11.5. The van der Waals surface area contributed by atoms with Gasteiger partial charge < -0.3 is 15.0 Å². The minimum Gasteiger partial charge on any atom is -0.476 e. The lowest BCUT2D eigenvalue weighted by atomic mass is 9.99. The molecule has 0 spiro atoms. The van der Waals surface area contributed by atoms with Crippen LogP contribution in [0.5, 0.6) is 5.88 Å². The van der Waals surface area contributed by atoms with Crippen molar-refractivity contribution >= 4 is 11.2 Å². The van der Waals surface area contributed by atoms with Gasteiger partial charge in [0.25, 0.3) is 0 Å². The van der Waals surface area contributed by atoms with E-state index in [1.807, 2.05) is 0 Å². The second-order valence-corrected chi connectivity index (χ2v) is 4.28. The monoisotopic (exact) mass is 233 g/mol. The normalized spacial score (nSPS) is 17.4. The van der Waals surface area contributed by atoms with Crippen molar-refractivity contribution in [1.29, 1.82) is 0 Å². The summed E-state index contributed by atoms with van der Waals surface area (Å²) in [6.45, 7) is 2.88. The van der Waals surface area contributed by atoms with Crippen LogP contribution in [0.15, 0.2) is 12.7 Å². The molecule has 0 unspecified atom stereocenters. The highest BCUT2D eigenvalue weighted by Gasteiger charge is 2.15. The molecule has 1 fully saturated rings. The molecule has 17 heavy (non-hydrogen) atoms. The Labute approximate surface area is 98.8 Å². The molecule has 2 aromatic rings. The molecule has 2 N–H and O–H groups in total. The summed E-state index contributed by atoms with van der Waals surface area (Å²) in [6, 6.07) is 0. The summed E-state index contributed by atoms with van der Waals surface area (Å²) < 4.78 is 5.77. The second kappa shape index (κ2) is 4.67. The summed E-state index contributed by atoms with van der Waals surface area (Å²) in [5.74, 6) is 1.22. The van der Waals surface area contributed by atoms with E-state index in [0.29, 0.717) is 24.1 Å². The number of fused-ring (bicyclic) bond motifs is 1. The molecule has 6 heteroatoms. The van der Waals surface area contributed by atoms with E-state index in [1.54, 1.807) is 6.33 Å². The third kappa shape index (κ3) is 2.21. The fourth-order valence-electron chi connectivity index (χ4n) is 2.10. The van der Waals surface area contributed by atoms with E-state index < -0.39 is 0 Å². The van der Waals surface area contributed by atoms with Crippen LogP contribution >= 0.6 is 0 Å². The molecule has 1 aliphatic rings. The second-order valence-electron chi connectivity index (χ2n) is 4.28. The number of aromatic amines is 1. The molecule has 90 valence electrons. The summed E-state index contributed by atoms with van der Waals surface area (Å²) in [5.41, 5.74) is 1.43. The molecule has 0 radical (unpaired) electrons. The van der Waals surface area contributed by atoms with Gasteiger partial charge in [0.1, 0.15) is 11.8 Å². The van der Waals surface area contributed by atoms with Crippen LogP contribution in [0.25, 0.3) is 11.2 Å². The lowest BCUT2D eigenvalue weighted by molar-refractivity contribution is 0.210. The maximum Gasteiger partial charge on any atom is 0.243 e. The summed E-state index contributed by atoms with van der Waals surface area (Å²) >= 11 is 0. The number of hydrogen-bond acceptors (Lipinski definition) is 5. The minimum atomic E-state index is 0.603. The number of imidazole rings is 1. The molecule has 0 bridgehead atoms. The molecule has 0 saturated carbocycles. The van der Waals surface area contributed by atoms with Crippen LogP contribution in [0.1, 0.15) is 12.8 Å². The minimum absolute atomic E-state index is 0.603. The SMILES string of the molecule is c1nc(OCC2CCNCC2)c2[nH]cnc2n1. The van der Waals surface area contributed by atoms with Crippen molar-refractivity contribution in [3.63, 3.8) is 0 Å². The highest BCUT2D eigenvalue weighted by Crippen LogP contribution is 2.19. The van der Waals surface area contributed by atoms with Gasteiger partial charge in [-0.3, -0.25) is 0 Å². The molecule has 1 saturated heterocycles. The average molecular weight is 233 g/mol. The largest absolute Gasteiger partial charge is 0.476 e. The molecule has 3 heterocycles. The van der Waals surface area contributed by atoms with Gasteiger partial charge in [0, 0.05) is 0 Å². The Morgan fingerprint density at radius 2 is 2.12 bits per heavy atom. The van der Waals surface area contributed by atoms with E-state index in [9.17, 15) is 0 Å². The Hall–Kier alpha value is -1.69. The van der Waals surface area contributed by atoms with Crippen LogP contribution in [0.2, 0.25) is 0 Å². The van der Waals surface area contributed by atoms with Crippen molar-refractivity contribution in [1.82, 2.24) is 25.3 Å². The first-order valence-electron chi connectivity index (χ1n) is 5.91. The van der Waals surface area contributed by atoms with Gasteiger partial charge >= 0.3 is 0 Å². The van der Waals surface area contributed by atoms with Crippen molar-refractivity contribution < 1.29 is 4.74 Å². The number of hydrogen-bond donors (Lipinski definition) is 2. The highest BCUT2D eigenvalue weighted by atomic mass is 16.5. The van der Waals surface area contributed by atoms with Crippen LogP contribution in [-0.2, 0) is 0 Å². The van der Waals surface area contributed by atoms with Gasteiger partial charge in [0.2, 0.25) is 5.88 Å². The van der Waals surface area contributed by atoms with Crippen LogP contribution < -0.4 is 10.1 Å². The van der Waals surface area contributed by atoms with Crippen molar-refractivity contribution in [2.24, 2.45) is 5.92 Å². The molecule has 0 aromatic carbocycles. The van der Waals surface area contributed by atoms with Crippen LogP contribution in [-0.4, -0.2) is 39.6 Å². The van der Waals surface area contributed by atoms with Crippen molar-refractivity contribution in [3.05, 3.63) is 12.7 Å². The third-order valence-electron chi connectivity index (χ3n) is 3.10. The standard InChI is InChI=1S/C11H15N5O/c1-3-12-4-2-8(1)5-17-11-9-10(14-6-13-9)15-7-16-11/h6-8,12H,1-5H2,(H,13,14,15,16). The summed E-state index contributed by atoms with van der Waals surface area (Å²) in [5, 5.41) is 3.34. The van der Waals surface area contributed by atoms with Crippen molar-refractivity contribution in [2.45, 2.75) is 12.8 Å². The molecule has 0 aliphatic carbocycles. The molecule has 1 aliphatic heterocycles. The molecule has 0 amide bonds. The van der Waals surface area contributed by atoms with Gasteiger partial charge in [-0.1, -0.05) is 0 Å². The van der Waals surface area contributed by atoms with Gasteiger partial charge in [0.15, 0.2) is 5.65 Å². The Balaban J connectivity index is 1.69. The van der Waals surface area contributed by atoms with Gasteiger partial charge in [0.05, 0.1) is 12.9 Å². The van der Waals surface area contributed by atoms with Crippen LogP contribution in [0, 0.1) is 5.92 Å². The van der Waals surface area contributed by atoms with Crippen molar-refractivity contribution in [3.8, 4) is 5.88 Å². The number of rotatable bonds is 3. The van der Waals surface area contributed by atoms with Crippen LogP contribution in [0.3, 0.4) is 0 Å². The molecule has 6 nitrogen and oxygen atoms in total. The van der Waals surface area contributed by atoms with E-state index in [1.165, 1.54) is 6.33 Å². The molecular weight excluding hydrogens is 218 g/mol. The Bertz CT molecular complexity index is 491. The Morgan fingerprint density at radius 3 is 3.00 bits per heavy atom. The van der Waals surface area contributed by atoms with E-state index >= 15 is 0 Å². The predicted octanol–water partition coefficient (Wildman–Crippen LogP) is 0.731. The lowest BCUT2D eigenvalue weighted by Gasteiger charge is -2.22. The number of ether oxygens (including phenoxy) is 1. The van der Waals surface area contributed by atoms with E-state index in [-0.39, 0.29) is 0 Å². The fraction of sp³-hybridized carbons (Fsp3) is 0.545. The van der Waals surface area contributed by atoms with Gasteiger partial charge in [-0.05, 0) is 31.8 Å². The summed E-state index contributed by atoms with van der Waals surface area (Å²) in [4.78, 5) is 15.3. The van der Waals surface area contributed by atoms with Gasteiger partial charge in [-0.2, -0.15) is 4.98 Å².